The van der Waals surface area contributed by atoms with Crippen molar-refractivity contribution in [1.29, 1.82) is 0 Å². The second kappa shape index (κ2) is 4.73. The number of rotatable bonds is 3. The summed E-state index contributed by atoms with van der Waals surface area (Å²) >= 11 is 4.39. The predicted molar refractivity (Wildman–Crippen MR) is 63.9 cm³/mol. The highest BCUT2D eigenvalue weighted by Gasteiger charge is 2.52. The average molecular weight is 294 g/mol. The second-order valence-corrected chi connectivity index (χ2v) is 5.40. The molecule has 4 nitrogen and oxygen atoms in total. The Morgan fingerprint density at radius 1 is 1.32 bits per heavy atom. The Balaban J connectivity index is 2.17. The van der Waals surface area contributed by atoms with Crippen molar-refractivity contribution in [3.8, 4) is 0 Å². The lowest BCUT2D eigenvalue weighted by Gasteiger charge is -2.24. The first kappa shape index (κ1) is 14.2. The van der Waals surface area contributed by atoms with Gasteiger partial charge in [0.1, 0.15) is 5.92 Å². The minimum atomic E-state index is -4.65. The summed E-state index contributed by atoms with van der Waals surface area (Å²) in [4.78, 5) is 23.8. The van der Waals surface area contributed by atoms with Gasteiger partial charge in [0, 0.05) is 6.54 Å². The van der Waals surface area contributed by atoms with Crippen molar-refractivity contribution in [2.24, 2.45) is 23.5 Å². The van der Waals surface area contributed by atoms with Crippen LogP contribution in [0.4, 0.5) is 13.2 Å². The van der Waals surface area contributed by atoms with Crippen molar-refractivity contribution in [3.63, 3.8) is 0 Å². The van der Waals surface area contributed by atoms with Gasteiger partial charge in [-0.15, -0.1) is 0 Å². The molecule has 106 valence electrons. The fourth-order valence-electron chi connectivity index (χ4n) is 2.78. The highest BCUT2D eigenvalue weighted by atomic mass is 32.1. The molecule has 1 aliphatic heterocycles. The van der Waals surface area contributed by atoms with E-state index >= 15 is 0 Å². The first-order valence-corrected chi connectivity index (χ1v) is 6.35. The molecule has 0 spiro atoms. The topological polar surface area (TPSA) is 63.4 Å². The van der Waals surface area contributed by atoms with Crippen LogP contribution in [0.25, 0.3) is 0 Å². The minimum absolute atomic E-state index is 0.451. The standard InChI is InChI=1S/C11H13F3N2O2S/c12-11(13,14)7(8(15)19)4-16-9(17)5-2-1-3-6(5)10(16)18/h5-7H,1-4H2,(H2,15,19). The first-order chi connectivity index (χ1) is 8.73. The number of nitrogens with zero attached hydrogens (tertiary/aromatic N) is 1. The molecule has 2 amide bonds. The van der Waals surface area contributed by atoms with Crippen LogP contribution < -0.4 is 5.73 Å². The third-order valence-electron chi connectivity index (χ3n) is 3.79. The van der Waals surface area contributed by atoms with Crippen molar-refractivity contribution >= 4 is 29.0 Å². The van der Waals surface area contributed by atoms with Crippen molar-refractivity contribution in [3.05, 3.63) is 0 Å². The van der Waals surface area contributed by atoms with Gasteiger partial charge in [-0.3, -0.25) is 14.5 Å². The number of imide groups is 1. The normalized spacial score (nSPS) is 28.7. The minimum Gasteiger partial charge on any atom is -0.393 e. The van der Waals surface area contributed by atoms with E-state index in [2.05, 4.69) is 12.2 Å². The van der Waals surface area contributed by atoms with Crippen molar-refractivity contribution in [2.75, 3.05) is 6.54 Å². The number of carbonyl (C=O) groups is 2. The summed E-state index contributed by atoms with van der Waals surface area (Å²) in [5.41, 5.74) is 5.07. The van der Waals surface area contributed by atoms with Gasteiger partial charge in [-0.05, 0) is 12.8 Å². The first-order valence-electron chi connectivity index (χ1n) is 5.94. The zero-order valence-electron chi connectivity index (χ0n) is 9.94. The van der Waals surface area contributed by atoms with Crippen molar-refractivity contribution in [2.45, 2.75) is 25.4 Å². The zero-order chi connectivity index (χ0) is 14.4. The Morgan fingerprint density at radius 2 is 1.79 bits per heavy atom. The van der Waals surface area contributed by atoms with Crippen LogP contribution in [0.5, 0.6) is 0 Å². The summed E-state index contributed by atoms with van der Waals surface area (Å²) in [7, 11) is 0. The summed E-state index contributed by atoms with van der Waals surface area (Å²) < 4.78 is 38.3. The van der Waals surface area contributed by atoms with Gasteiger partial charge in [0.05, 0.1) is 16.8 Å². The van der Waals surface area contributed by atoms with Crippen molar-refractivity contribution in [1.82, 2.24) is 4.90 Å². The maximum absolute atomic E-state index is 12.8. The molecule has 3 unspecified atom stereocenters. The molecule has 2 fully saturated rings. The van der Waals surface area contributed by atoms with Crippen LogP contribution in [-0.2, 0) is 9.59 Å². The molecule has 3 atom stereocenters. The number of likely N-dealkylation sites (tertiary alicyclic amines) is 1. The number of hydrogen-bond donors (Lipinski definition) is 1. The maximum atomic E-state index is 12.8. The lowest BCUT2D eigenvalue weighted by Crippen LogP contribution is -2.46. The lowest BCUT2D eigenvalue weighted by molar-refractivity contribution is -0.164. The van der Waals surface area contributed by atoms with E-state index in [0.29, 0.717) is 17.7 Å². The van der Waals surface area contributed by atoms with E-state index in [4.69, 9.17) is 5.73 Å². The van der Waals surface area contributed by atoms with E-state index in [9.17, 15) is 22.8 Å². The van der Waals surface area contributed by atoms with Crippen LogP contribution in [0, 0.1) is 17.8 Å². The van der Waals surface area contributed by atoms with Gasteiger partial charge in [-0.25, -0.2) is 0 Å². The number of amides is 2. The Kier molecular flexibility index (Phi) is 3.55. The van der Waals surface area contributed by atoms with Crippen LogP contribution in [0.3, 0.4) is 0 Å². The number of fused-ring (bicyclic) bond motifs is 1. The molecule has 0 aromatic carbocycles. The smallest absolute Gasteiger partial charge is 0.393 e. The fraction of sp³-hybridized carbons (Fsp3) is 0.727. The van der Waals surface area contributed by atoms with Crippen LogP contribution in [0.15, 0.2) is 0 Å². The van der Waals surface area contributed by atoms with E-state index in [1.54, 1.807) is 0 Å². The number of halogens is 3. The van der Waals surface area contributed by atoms with Gasteiger partial charge in [-0.2, -0.15) is 13.2 Å². The van der Waals surface area contributed by atoms with Crippen LogP contribution in [-0.4, -0.2) is 34.4 Å². The van der Waals surface area contributed by atoms with E-state index in [1.807, 2.05) is 0 Å². The van der Waals surface area contributed by atoms with E-state index in [-0.39, 0.29) is 0 Å². The molecule has 0 radical (unpaired) electrons. The van der Waals surface area contributed by atoms with Crippen LogP contribution in [0.2, 0.25) is 0 Å². The quantitative estimate of drug-likeness (QED) is 0.628. The number of carbonyl (C=O) groups excluding carboxylic acids is 2. The molecule has 0 aromatic rings. The highest BCUT2D eigenvalue weighted by molar-refractivity contribution is 7.80. The largest absolute Gasteiger partial charge is 0.399 e. The van der Waals surface area contributed by atoms with Crippen LogP contribution in [0.1, 0.15) is 19.3 Å². The number of thiocarbonyl (C=S) groups is 1. The Hall–Kier alpha value is -1.18. The summed E-state index contributed by atoms with van der Waals surface area (Å²) in [6, 6.07) is 0. The number of nitrogens with two attached hydrogens (primary N) is 1. The lowest BCUT2D eigenvalue weighted by atomic mass is 10.00. The number of alkyl halides is 3. The summed E-state index contributed by atoms with van der Waals surface area (Å²) in [6.45, 7) is -0.788. The Morgan fingerprint density at radius 3 is 2.16 bits per heavy atom. The zero-order valence-corrected chi connectivity index (χ0v) is 10.8. The molecule has 0 aromatic heterocycles. The Labute approximate surface area is 113 Å². The Bertz CT molecular complexity index is 416. The summed E-state index contributed by atoms with van der Waals surface area (Å²) in [6.07, 6.45) is -2.76. The van der Waals surface area contributed by atoms with Gasteiger partial charge >= 0.3 is 6.18 Å². The van der Waals surface area contributed by atoms with E-state index < -0.39 is 47.3 Å². The molecule has 0 bridgehead atoms. The third kappa shape index (κ3) is 2.45. The van der Waals surface area contributed by atoms with Gasteiger partial charge in [0.15, 0.2) is 0 Å². The molecular weight excluding hydrogens is 281 g/mol. The van der Waals surface area contributed by atoms with Gasteiger partial charge in [0.2, 0.25) is 11.8 Å². The second-order valence-electron chi connectivity index (χ2n) is 4.93. The van der Waals surface area contributed by atoms with Crippen molar-refractivity contribution < 1.29 is 22.8 Å². The molecule has 2 rings (SSSR count). The molecule has 19 heavy (non-hydrogen) atoms. The molecule has 2 aliphatic rings. The SMILES string of the molecule is NC(=S)C(CN1C(=O)C2CCCC2C1=O)C(F)(F)F. The molecular formula is C11H13F3N2O2S. The van der Waals surface area contributed by atoms with E-state index in [0.717, 1.165) is 6.42 Å². The molecule has 1 saturated heterocycles. The fourth-order valence-corrected chi connectivity index (χ4v) is 2.99. The number of hydrogen-bond acceptors (Lipinski definition) is 3. The average Bonchev–Trinajstić information content (AvgIpc) is 2.81. The summed E-state index contributed by atoms with van der Waals surface area (Å²) in [5.74, 6) is -4.06. The predicted octanol–water partition coefficient (Wildman–Crippen LogP) is 1.24. The van der Waals surface area contributed by atoms with Crippen LogP contribution >= 0.6 is 12.2 Å². The van der Waals surface area contributed by atoms with E-state index in [1.165, 1.54) is 0 Å². The maximum Gasteiger partial charge on any atom is 0.399 e. The van der Waals surface area contributed by atoms with Gasteiger partial charge in [-0.1, -0.05) is 18.6 Å². The molecule has 1 aliphatic carbocycles. The monoisotopic (exact) mass is 294 g/mol. The van der Waals surface area contributed by atoms with Gasteiger partial charge in [0.25, 0.3) is 0 Å². The molecule has 8 heteroatoms. The summed E-state index contributed by atoms with van der Waals surface area (Å²) in [5, 5.41) is 0. The third-order valence-corrected chi connectivity index (χ3v) is 4.07. The van der Waals surface area contributed by atoms with Gasteiger partial charge < -0.3 is 5.73 Å². The highest BCUT2D eigenvalue weighted by Crippen LogP contribution is 2.40. The molecule has 2 N–H and O–H groups in total. The molecule has 1 heterocycles. The molecule has 1 saturated carbocycles.